The summed E-state index contributed by atoms with van der Waals surface area (Å²) in [6.45, 7) is 5.22. The fourth-order valence-corrected chi connectivity index (χ4v) is 2.06. The number of carbonyl (C=O) groups is 1. The Morgan fingerprint density at radius 2 is 2.00 bits per heavy atom. The van der Waals surface area contributed by atoms with Crippen LogP contribution >= 0.6 is 0 Å². The van der Waals surface area contributed by atoms with Gasteiger partial charge in [0.25, 0.3) is 5.91 Å². The van der Waals surface area contributed by atoms with Crippen molar-refractivity contribution >= 4 is 11.7 Å². The molecule has 0 aliphatic rings. The quantitative estimate of drug-likeness (QED) is 0.138. The third-order valence-electron chi connectivity index (χ3n) is 3.53. The van der Waals surface area contributed by atoms with Crippen LogP contribution in [0.3, 0.4) is 0 Å². The van der Waals surface area contributed by atoms with E-state index >= 15 is 0 Å². The number of halogens is 3. The highest BCUT2D eigenvalue weighted by atomic mass is 19.4. The lowest BCUT2D eigenvalue weighted by Gasteiger charge is -2.16. The first-order valence-electron chi connectivity index (χ1n) is 9.19. The Kier molecular flexibility index (Phi) is 9.96. The van der Waals surface area contributed by atoms with E-state index in [4.69, 9.17) is 16.2 Å². The van der Waals surface area contributed by atoms with Crippen molar-refractivity contribution < 1.29 is 30.3 Å². The minimum atomic E-state index is -4.51. The number of pyridine rings is 1. The molecule has 1 unspecified atom stereocenters. The van der Waals surface area contributed by atoms with Gasteiger partial charge < -0.3 is 31.6 Å². The van der Waals surface area contributed by atoms with Crippen LogP contribution in [0, 0.1) is 5.92 Å². The lowest BCUT2D eigenvalue weighted by molar-refractivity contribution is -0.165. The molecule has 0 saturated heterocycles. The normalized spacial score (nSPS) is 13.8. The molecule has 8 nitrogen and oxygen atoms in total. The summed E-state index contributed by atoms with van der Waals surface area (Å²) in [6, 6.07) is 3.08. The second-order valence-electron chi connectivity index (χ2n) is 6.85. The van der Waals surface area contributed by atoms with Crippen LogP contribution in [0.15, 0.2) is 42.1 Å². The predicted molar refractivity (Wildman–Crippen MR) is 111 cm³/mol. The maximum absolute atomic E-state index is 12.2. The molecule has 0 aromatic carbocycles. The minimum absolute atomic E-state index is 0. The van der Waals surface area contributed by atoms with Gasteiger partial charge in [-0.25, -0.2) is 4.98 Å². The minimum Gasteiger partial charge on any atom is -0.470 e. The van der Waals surface area contributed by atoms with Gasteiger partial charge in [-0.05, 0) is 42.7 Å². The van der Waals surface area contributed by atoms with E-state index in [-0.39, 0.29) is 8.55 Å². The first-order valence-corrected chi connectivity index (χ1v) is 9.19. The van der Waals surface area contributed by atoms with E-state index in [1.807, 2.05) is 13.8 Å². The molecule has 1 amide bonds. The molecular weight excluding hydrogens is 403 g/mol. The zero-order valence-electron chi connectivity index (χ0n) is 17.1. The molecule has 1 atom stereocenters. The van der Waals surface area contributed by atoms with Crippen molar-refractivity contribution in [1.82, 2.24) is 10.3 Å². The SMILES string of the molecule is CC(C)COCNc1cc(C(C)NC(=O)/C(N)=C/C=C(\N)OCC(F)(F)F)ccn1.[HH].[HH]. The summed E-state index contributed by atoms with van der Waals surface area (Å²) in [5, 5.41) is 5.70. The first kappa shape index (κ1) is 25.1. The lowest BCUT2D eigenvalue weighted by Crippen LogP contribution is -2.31. The van der Waals surface area contributed by atoms with Gasteiger partial charge in [0, 0.05) is 9.05 Å². The number of amides is 1. The summed E-state index contributed by atoms with van der Waals surface area (Å²) in [5.41, 5.74) is 11.5. The molecule has 1 aromatic heterocycles. The third-order valence-corrected chi connectivity index (χ3v) is 3.53. The van der Waals surface area contributed by atoms with Crippen molar-refractivity contribution in [3.8, 4) is 0 Å². The number of nitrogens with one attached hydrogen (secondary N) is 2. The number of alkyl halides is 3. The van der Waals surface area contributed by atoms with Gasteiger partial charge in [-0.3, -0.25) is 4.79 Å². The van der Waals surface area contributed by atoms with E-state index in [0.717, 1.165) is 17.7 Å². The first-order chi connectivity index (χ1) is 14.0. The van der Waals surface area contributed by atoms with Gasteiger partial charge in [-0.1, -0.05) is 13.8 Å². The van der Waals surface area contributed by atoms with Gasteiger partial charge in [0.1, 0.15) is 12.5 Å². The molecule has 1 aromatic rings. The van der Waals surface area contributed by atoms with Crippen molar-refractivity contribution in [2.45, 2.75) is 33.0 Å². The zero-order valence-corrected chi connectivity index (χ0v) is 17.1. The van der Waals surface area contributed by atoms with E-state index in [1.165, 1.54) is 0 Å². The molecule has 0 fully saturated rings. The molecule has 0 radical (unpaired) electrons. The van der Waals surface area contributed by atoms with Gasteiger partial charge in [-0.2, -0.15) is 13.2 Å². The molecule has 172 valence electrons. The Hall–Kier alpha value is -2.95. The van der Waals surface area contributed by atoms with Crippen molar-refractivity contribution in [1.29, 1.82) is 0 Å². The third kappa shape index (κ3) is 10.6. The zero-order chi connectivity index (χ0) is 22.7. The fourth-order valence-electron chi connectivity index (χ4n) is 2.06. The summed E-state index contributed by atoms with van der Waals surface area (Å²) in [5.74, 6) is -0.130. The van der Waals surface area contributed by atoms with E-state index in [9.17, 15) is 18.0 Å². The number of carbonyl (C=O) groups excluding carboxylic acids is 1. The Balaban J connectivity index is 0. The number of ether oxygens (including phenoxy) is 2. The van der Waals surface area contributed by atoms with Gasteiger partial charge in [0.15, 0.2) is 12.5 Å². The largest absolute Gasteiger partial charge is 0.470 e. The van der Waals surface area contributed by atoms with Crippen molar-refractivity contribution in [3.63, 3.8) is 0 Å². The second kappa shape index (κ2) is 11.9. The Morgan fingerprint density at radius 3 is 2.63 bits per heavy atom. The summed E-state index contributed by atoms with van der Waals surface area (Å²) in [4.78, 5) is 16.4. The molecule has 0 bridgehead atoms. The molecule has 11 heteroatoms. The number of allylic oxidation sites excluding steroid dienone is 2. The van der Waals surface area contributed by atoms with Crippen LogP contribution in [0.25, 0.3) is 0 Å². The summed E-state index contributed by atoms with van der Waals surface area (Å²) in [7, 11) is 0. The number of anilines is 1. The summed E-state index contributed by atoms with van der Waals surface area (Å²) < 4.78 is 46.0. The van der Waals surface area contributed by atoms with Crippen molar-refractivity contribution in [2.75, 3.05) is 25.3 Å². The van der Waals surface area contributed by atoms with Crippen LogP contribution in [-0.4, -0.2) is 37.0 Å². The Labute approximate surface area is 176 Å². The molecule has 0 aliphatic heterocycles. The van der Waals surface area contributed by atoms with Crippen LogP contribution < -0.4 is 22.1 Å². The van der Waals surface area contributed by atoms with Crippen LogP contribution in [0.4, 0.5) is 19.0 Å². The molecular formula is C19H32F3N5O3. The van der Waals surface area contributed by atoms with Gasteiger partial charge in [0.05, 0.1) is 18.3 Å². The number of hydrogen-bond donors (Lipinski definition) is 4. The monoisotopic (exact) mass is 435 g/mol. The molecule has 30 heavy (non-hydrogen) atoms. The van der Waals surface area contributed by atoms with E-state index in [0.29, 0.717) is 25.1 Å². The predicted octanol–water partition coefficient (Wildman–Crippen LogP) is 3.01. The highest BCUT2D eigenvalue weighted by molar-refractivity contribution is 5.92. The number of nitrogens with zero attached hydrogens (tertiary/aromatic N) is 1. The van der Waals surface area contributed by atoms with Crippen LogP contribution in [-0.2, 0) is 14.3 Å². The average molecular weight is 435 g/mol. The number of aromatic nitrogens is 1. The van der Waals surface area contributed by atoms with E-state index in [2.05, 4.69) is 20.4 Å². The smallest absolute Gasteiger partial charge is 0.422 e. The molecule has 1 rings (SSSR count). The highest BCUT2D eigenvalue weighted by Gasteiger charge is 2.28. The second-order valence-corrected chi connectivity index (χ2v) is 6.85. The maximum atomic E-state index is 12.2. The van der Waals surface area contributed by atoms with Crippen molar-refractivity contribution in [2.24, 2.45) is 17.4 Å². The highest BCUT2D eigenvalue weighted by Crippen LogP contribution is 2.16. The topological polar surface area (TPSA) is 125 Å². The van der Waals surface area contributed by atoms with Crippen LogP contribution in [0.5, 0.6) is 0 Å². The average Bonchev–Trinajstić information content (AvgIpc) is 2.67. The van der Waals surface area contributed by atoms with E-state index in [1.54, 1.807) is 25.3 Å². The molecule has 0 saturated carbocycles. The standard InChI is InChI=1S/C19H28F3N5O3.2H2/c1-12(2)9-29-11-26-17-8-14(6-7-25-17)13(3)27-18(28)15(23)4-5-16(24)30-10-19(20,21)22;;/h4-8,12-13H,9-11,23-24H2,1-3H3,(H,25,26)(H,27,28);2*1H/b15-4-,16-5+;;. The lowest BCUT2D eigenvalue weighted by atomic mass is 10.1. The molecule has 1 heterocycles. The summed E-state index contributed by atoms with van der Waals surface area (Å²) >= 11 is 0. The number of hydrogen-bond acceptors (Lipinski definition) is 7. The van der Waals surface area contributed by atoms with Gasteiger partial charge >= 0.3 is 6.18 Å². The number of rotatable bonds is 11. The molecule has 6 N–H and O–H groups in total. The fraction of sp³-hybridized carbons (Fsp3) is 0.474. The molecule has 0 aliphatic carbocycles. The van der Waals surface area contributed by atoms with Gasteiger partial charge in [-0.15, -0.1) is 0 Å². The van der Waals surface area contributed by atoms with Gasteiger partial charge in [0.2, 0.25) is 0 Å². The Bertz CT molecular complexity index is 762. The summed E-state index contributed by atoms with van der Waals surface area (Å²) in [6.07, 6.45) is -0.876. The van der Waals surface area contributed by atoms with Crippen LogP contribution in [0.1, 0.15) is 35.2 Å². The Morgan fingerprint density at radius 1 is 1.30 bits per heavy atom. The maximum Gasteiger partial charge on any atom is 0.422 e. The molecule has 0 spiro atoms. The number of nitrogens with two attached hydrogens (primary N) is 2. The van der Waals surface area contributed by atoms with Crippen molar-refractivity contribution in [3.05, 3.63) is 47.6 Å². The van der Waals surface area contributed by atoms with E-state index < -0.39 is 30.6 Å². The van der Waals surface area contributed by atoms with Crippen LogP contribution in [0.2, 0.25) is 0 Å².